The number of morpholine rings is 1. The van der Waals surface area contributed by atoms with E-state index in [1.165, 1.54) is 23.8 Å². The first-order chi connectivity index (χ1) is 16.7. The third-order valence-corrected chi connectivity index (χ3v) is 6.37. The first-order valence-corrected chi connectivity index (χ1v) is 12.0. The number of nitrogens with one attached hydrogen (secondary N) is 2. The van der Waals surface area contributed by atoms with Gasteiger partial charge < -0.3 is 24.8 Å². The fourth-order valence-electron chi connectivity index (χ4n) is 4.76. The number of ether oxygens (including phenoxy) is 3. The molecular weight excluding hydrogens is 463 g/mol. The molecule has 2 heterocycles. The molecule has 0 saturated carbocycles. The largest absolute Gasteiger partial charge is 0.573 e. The van der Waals surface area contributed by atoms with Crippen molar-refractivity contribution in [1.29, 1.82) is 0 Å². The summed E-state index contributed by atoms with van der Waals surface area (Å²) >= 11 is 0. The Morgan fingerprint density at radius 1 is 1.29 bits per heavy atom. The number of fused-ring (bicyclic) bond motifs is 1. The summed E-state index contributed by atoms with van der Waals surface area (Å²) in [6.07, 6.45) is -1.13. The van der Waals surface area contributed by atoms with Crippen LogP contribution in [0.4, 0.5) is 18.9 Å². The zero-order valence-electron chi connectivity index (χ0n) is 20.0. The quantitative estimate of drug-likeness (QED) is 0.590. The van der Waals surface area contributed by atoms with Crippen LogP contribution in [0.2, 0.25) is 0 Å². The molecule has 1 saturated heterocycles. The summed E-state index contributed by atoms with van der Waals surface area (Å²) in [5.74, 6) is 0.131. The molecular formula is C25H32F3N3O4. The first-order valence-electron chi connectivity index (χ1n) is 12.0. The Balaban J connectivity index is 1.36. The monoisotopic (exact) mass is 495 g/mol. The summed E-state index contributed by atoms with van der Waals surface area (Å²) in [6.45, 7) is 8.81. The molecule has 0 spiro atoms. The second kappa shape index (κ2) is 10.9. The molecule has 1 amide bonds. The van der Waals surface area contributed by atoms with Crippen LogP contribution in [0.3, 0.4) is 0 Å². The summed E-state index contributed by atoms with van der Waals surface area (Å²) in [5, 5.41) is 6.17. The van der Waals surface area contributed by atoms with E-state index in [2.05, 4.69) is 40.2 Å². The van der Waals surface area contributed by atoms with Gasteiger partial charge in [0.2, 0.25) is 5.91 Å². The van der Waals surface area contributed by atoms with Crippen LogP contribution in [0.15, 0.2) is 41.1 Å². The summed E-state index contributed by atoms with van der Waals surface area (Å²) in [4.78, 5) is 15.3. The number of hydrogen-bond acceptors (Lipinski definition) is 6. The first kappa shape index (κ1) is 25.4. The molecule has 0 radical (unpaired) electrons. The Kier molecular flexibility index (Phi) is 7.91. The van der Waals surface area contributed by atoms with Crippen LogP contribution in [0, 0.1) is 5.92 Å². The predicted octanol–water partition coefficient (Wildman–Crippen LogP) is 4.23. The summed E-state index contributed by atoms with van der Waals surface area (Å²) in [6, 6.07) is 3.85. The van der Waals surface area contributed by atoms with Crippen molar-refractivity contribution >= 4 is 11.6 Å². The molecule has 0 bridgehead atoms. The van der Waals surface area contributed by atoms with Gasteiger partial charge in [0.1, 0.15) is 17.6 Å². The third kappa shape index (κ3) is 7.14. The standard InChI is InChI=1S/C25H32F3N3O4/c1-16-11-17(2)24(18(12-16)5-6-31-7-9-33-10-8-31)30-23(32)14-20-15-29-21-13-19(35-25(26,27)28)3-4-22(21)34-20/h3-4,12-13,17,20,29H,5-11,14-15H2,1-2H3,(H,30,32). The van der Waals surface area contributed by atoms with Gasteiger partial charge >= 0.3 is 6.36 Å². The molecule has 2 unspecified atom stereocenters. The average Bonchev–Trinajstić information content (AvgIpc) is 2.79. The maximum absolute atomic E-state index is 12.9. The van der Waals surface area contributed by atoms with Crippen LogP contribution in [-0.4, -0.2) is 62.7 Å². The van der Waals surface area contributed by atoms with Crippen molar-refractivity contribution < 1.29 is 32.2 Å². The summed E-state index contributed by atoms with van der Waals surface area (Å²) in [7, 11) is 0. The maximum atomic E-state index is 12.9. The van der Waals surface area contributed by atoms with Gasteiger partial charge in [-0.25, -0.2) is 0 Å². The zero-order chi connectivity index (χ0) is 25.0. The molecule has 35 heavy (non-hydrogen) atoms. The smallest absolute Gasteiger partial charge is 0.486 e. The van der Waals surface area contributed by atoms with Crippen LogP contribution in [0.1, 0.15) is 33.1 Å². The SMILES string of the molecule is CC1=CC(CCN2CCOCC2)=C(NC(=O)CC2CNc3cc(OC(F)(F)F)ccc3O2)C(C)C1. The number of hydrogen-bond donors (Lipinski definition) is 2. The lowest BCUT2D eigenvalue weighted by molar-refractivity contribution is -0.274. The van der Waals surface area contributed by atoms with Crippen LogP contribution in [0.25, 0.3) is 0 Å². The molecule has 3 aliphatic rings. The lowest BCUT2D eigenvalue weighted by Gasteiger charge is -2.30. The van der Waals surface area contributed by atoms with Crippen molar-refractivity contribution in [2.75, 3.05) is 44.7 Å². The molecule has 10 heteroatoms. The van der Waals surface area contributed by atoms with Gasteiger partial charge in [0.25, 0.3) is 0 Å². The van der Waals surface area contributed by atoms with Gasteiger partial charge in [-0.15, -0.1) is 13.2 Å². The number of carbonyl (C=O) groups is 1. The summed E-state index contributed by atoms with van der Waals surface area (Å²) in [5.41, 5.74) is 3.83. The van der Waals surface area contributed by atoms with Crippen LogP contribution >= 0.6 is 0 Å². The van der Waals surface area contributed by atoms with Crippen molar-refractivity contribution in [2.45, 2.75) is 45.6 Å². The average molecular weight is 496 g/mol. The van der Waals surface area contributed by atoms with Crippen LogP contribution in [0.5, 0.6) is 11.5 Å². The van der Waals surface area contributed by atoms with E-state index in [0.717, 1.165) is 57.0 Å². The van der Waals surface area contributed by atoms with Crippen molar-refractivity contribution in [1.82, 2.24) is 10.2 Å². The fraction of sp³-hybridized carbons (Fsp3) is 0.560. The highest BCUT2D eigenvalue weighted by atomic mass is 19.4. The minimum absolute atomic E-state index is 0.128. The molecule has 7 nitrogen and oxygen atoms in total. The van der Waals surface area contributed by atoms with E-state index >= 15 is 0 Å². The van der Waals surface area contributed by atoms with Gasteiger partial charge in [-0.05, 0) is 37.5 Å². The number of benzene rings is 1. The minimum atomic E-state index is -4.76. The molecule has 2 atom stereocenters. The molecule has 1 aromatic rings. The number of rotatable bonds is 7. The van der Waals surface area contributed by atoms with Gasteiger partial charge in [-0.3, -0.25) is 9.69 Å². The lowest BCUT2D eigenvalue weighted by atomic mass is 9.87. The number of carbonyl (C=O) groups excluding carboxylic acids is 1. The van der Waals surface area contributed by atoms with Crippen molar-refractivity contribution in [3.63, 3.8) is 0 Å². The van der Waals surface area contributed by atoms with E-state index in [0.29, 0.717) is 18.0 Å². The van der Waals surface area contributed by atoms with Crippen molar-refractivity contribution in [2.24, 2.45) is 5.92 Å². The number of amides is 1. The van der Waals surface area contributed by atoms with Crippen LogP contribution in [-0.2, 0) is 9.53 Å². The Morgan fingerprint density at radius 2 is 2.06 bits per heavy atom. The van der Waals surface area contributed by atoms with Gasteiger partial charge in [0, 0.05) is 37.3 Å². The van der Waals surface area contributed by atoms with Gasteiger partial charge in [-0.1, -0.05) is 18.6 Å². The number of allylic oxidation sites excluding steroid dienone is 3. The lowest BCUT2D eigenvalue weighted by Crippen LogP contribution is -2.38. The Hall–Kier alpha value is -2.72. The number of alkyl halides is 3. The highest BCUT2D eigenvalue weighted by molar-refractivity contribution is 5.79. The van der Waals surface area contributed by atoms with Crippen molar-refractivity contribution in [3.05, 3.63) is 41.1 Å². The van der Waals surface area contributed by atoms with E-state index in [1.54, 1.807) is 0 Å². The zero-order valence-corrected chi connectivity index (χ0v) is 20.0. The molecule has 1 aliphatic carbocycles. The molecule has 192 valence electrons. The highest BCUT2D eigenvalue weighted by Gasteiger charge is 2.32. The van der Waals surface area contributed by atoms with Gasteiger partial charge in [-0.2, -0.15) is 0 Å². The highest BCUT2D eigenvalue weighted by Crippen LogP contribution is 2.35. The van der Waals surface area contributed by atoms with E-state index < -0.39 is 12.5 Å². The molecule has 1 fully saturated rings. The number of halogens is 3. The Bertz CT molecular complexity index is 987. The summed E-state index contributed by atoms with van der Waals surface area (Å²) < 4.78 is 52.6. The minimum Gasteiger partial charge on any atom is -0.486 e. The molecule has 2 N–H and O–H groups in total. The van der Waals surface area contributed by atoms with E-state index in [1.807, 2.05) is 0 Å². The fourth-order valence-corrected chi connectivity index (χ4v) is 4.76. The molecule has 0 aromatic heterocycles. The second-order valence-corrected chi connectivity index (χ2v) is 9.32. The maximum Gasteiger partial charge on any atom is 0.573 e. The topological polar surface area (TPSA) is 72.1 Å². The van der Waals surface area contributed by atoms with Crippen molar-refractivity contribution in [3.8, 4) is 11.5 Å². The third-order valence-electron chi connectivity index (χ3n) is 6.37. The molecule has 2 aliphatic heterocycles. The predicted molar refractivity (Wildman–Crippen MR) is 125 cm³/mol. The second-order valence-electron chi connectivity index (χ2n) is 9.32. The Labute approximate surface area is 203 Å². The van der Waals surface area contributed by atoms with Gasteiger partial charge in [0.15, 0.2) is 0 Å². The van der Waals surface area contributed by atoms with Crippen LogP contribution < -0.4 is 20.1 Å². The number of nitrogens with zero attached hydrogens (tertiary/aromatic N) is 1. The number of anilines is 1. The molecule has 1 aromatic carbocycles. The molecule has 4 rings (SSSR count). The van der Waals surface area contributed by atoms with E-state index in [4.69, 9.17) is 9.47 Å². The van der Waals surface area contributed by atoms with Gasteiger partial charge in [0.05, 0.1) is 31.9 Å². The Morgan fingerprint density at radius 3 is 2.80 bits per heavy atom. The van der Waals surface area contributed by atoms with E-state index in [9.17, 15) is 18.0 Å². The van der Waals surface area contributed by atoms with E-state index in [-0.39, 0.29) is 24.0 Å². The normalized spacial score (nSPS) is 23.1.